The molecule has 1 aliphatic heterocycles. The van der Waals surface area contributed by atoms with Gasteiger partial charge in [-0.1, -0.05) is 41.7 Å². The molecule has 0 saturated carbocycles. The SMILES string of the molecule is CCOC(=O)N1CCN(S(=O)(=O)c2ccc(C(=O)N(Cc3ccccc3)c3nc4cc(C)c(C)cc4s3)cc2)CC1. The number of hydrogen-bond donors (Lipinski definition) is 0. The van der Waals surface area contributed by atoms with Crippen molar-refractivity contribution in [3.05, 3.63) is 89.0 Å². The second-order valence-electron chi connectivity index (χ2n) is 9.89. The zero-order valence-electron chi connectivity index (χ0n) is 23.2. The molecule has 0 atom stereocenters. The number of rotatable bonds is 7. The maximum absolute atomic E-state index is 13.9. The highest BCUT2D eigenvalue weighted by Crippen LogP contribution is 2.33. The van der Waals surface area contributed by atoms with E-state index in [0.29, 0.717) is 17.2 Å². The van der Waals surface area contributed by atoms with Gasteiger partial charge in [0.25, 0.3) is 5.91 Å². The van der Waals surface area contributed by atoms with Crippen LogP contribution in [-0.2, 0) is 21.3 Å². The third-order valence-electron chi connectivity index (χ3n) is 7.16. The molecule has 3 aromatic carbocycles. The average Bonchev–Trinajstić information content (AvgIpc) is 3.38. The van der Waals surface area contributed by atoms with E-state index < -0.39 is 16.1 Å². The molecule has 9 nitrogen and oxygen atoms in total. The molecular weight excluding hydrogens is 560 g/mol. The largest absolute Gasteiger partial charge is 0.450 e. The zero-order valence-corrected chi connectivity index (χ0v) is 24.9. The molecule has 0 aliphatic carbocycles. The molecule has 214 valence electrons. The first-order valence-corrected chi connectivity index (χ1v) is 15.7. The summed E-state index contributed by atoms with van der Waals surface area (Å²) in [6.07, 6.45) is -0.439. The number of piperazine rings is 1. The van der Waals surface area contributed by atoms with E-state index in [0.717, 1.165) is 26.9 Å². The highest BCUT2D eigenvalue weighted by atomic mass is 32.2. The Labute approximate surface area is 244 Å². The topological polar surface area (TPSA) is 100 Å². The summed E-state index contributed by atoms with van der Waals surface area (Å²) in [7, 11) is -3.79. The van der Waals surface area contributed by atoms with Gasteiger partial charge in [-0.2, -0.15) is 4.31 Å². The predicted molar refractivity (Wildman–Crippen MR) is 160 cm³/mol. The molecule has 2 heterocycles. The Morgan fingerprint density at radius 3 is 2.27 bits per heavy atom. The van der Waals surface area contributed by atoms with Crippen LogP contribution < -0.4 is 4.90 Å². The fourth-order valence-corrected chi connectivity index (χ4v) is 7.14. The molecule has 0 bridgehead atoms. The summed E-state index contributed by atoms with van der Waals surface area (Å²) in [5.74, 6) is -0.270. The Kier molecular flexibility index (Phi) is 8.39. The number of carbonyl (C=O) groups is 2. The van der Waals surface area contributed by atoms with Crippen molar-refractivity contribution in [2.24, 2.45) is 0 Å². The lowest BCUT2D eigenvalue weighted by molar-refractivity contribution is 0.0933. The third-order valence-corrected chi connectivity index (χ3v) is 10.1. The molecule has 0 unspecified atom stereocenters. The Hall–Kier alpha value is -3.80. The van der Waals surface area contributed by atoms with Gasteiger partial charge in [-0.15, -0.1) is 0 Å². The second kappa shape index (κ2) is 12.0. The standard InChI is InChI=1S/C30H32N4O5S2/c1-4-39-30(36)32-14-16-33(17-15-32)41(37,38)25-12-10-24(11-13-25)28(35)34(20-23-8-6-5-7-9-23)29-31-26-18-21(2)22(3)19-27(26)40-29/h5-13,18-19H,4,14-17,20H2,1-3H3. The van der Waals surface area contributed by atoms with Crippen LogP contribution in [0.5, 0.6) is 0 Å². The van der Waals surface area contributed by atoms with Gasteiger partial charge in [0.05, 0.1) is 28.3 Å². The lowest BCUT2D eigenvalue weighted by Crippen LogP contribution is -2.50. The van der Waals surface area contributed by atoms with E-state index in [9.17, 15) is 18.0 Å². The van der Waals surface area contributed by atoms with Crippen molar-refractivity contribution < 1.29 is 22.7 Å². The minimum Gasteiger partial charge on any atom is -0.450 e. The van der Waals surface area contributed by atoms with Gasteiger partial charge in [0.2, 0.25) is 10.0 Å². The number of amides is 2. The fourth-order valence-electron chi connectivity index (χ4n) is 4.68. The monoisotopic (exact) mass is 592 g/mol. The fraction of sp³-hybridized carbons (Fsp3) is 0.300. The van der Waals surface area contributed by atoms with Crippen LogP contribution >= 0.6 is 11.3 Å². The molecule has 11 heteroatoms. The average molecular weight is 593 g/mol. The van der Waals surface area contributed by atoms with E-state index in [2.05, 4.69) is 13.0 Å². The first-order chi connectivity index (χ1) is 19.7. The van der Waals surface area contributed by atoms with E-state index in [-0.39, 0.29) is 43.6 Å². The van der Waals surface area contributed by atoms with Crippen molar-refractivity contribution in [1.29, 1.82) is 0 Å². The van der Waals surface area contributed by atoms with Gasteiger partial charge in [-0.05, 0) is 73.9 Å². The minimum absolute atomic E-state index is 0.0965. The van der Waals surface area contributed by atoms with Gasteiger partial charge in [-0.25, -0.2) is 18.2 Å². The molecule has 2 amide bonds. The summed E-state index contributed by atoms with van der Waals surface area (Å²) in [6.45, 7) is 7.26. The summed E-state index contributed by atoms with van der Waals surface area (Å²) >= 11 is 1.46. The Morgan fingerprint density at radius 2 is 1.61 bits per heavy atom. The van der Waals surface area contributed by atoms with Crippen LogP contribution in [0.1, 0.15) is 34.0 Å². The van der Waals surface area contributed by atoms with Crippen LogP contribution in [0.4, 0.5) is 9.93 Å². The number of anilines is 1. The van der Waals surface area contributed by atoms with Crippen molar-refractivity contribution >= 4 is 48.7 Å². The van der Waals surface area contributed by atoms with Crippen molar-refractivity contribution in [3.8, 4) is 0 Å². The van der Waals surface area contributed by atoms with Crippen LogP contribution in [0.15, 0.2) is 71.6 Å². The maximum Gasteiger partial charge on any atom is 0.409 e. The number of hydrogen-bond acceptors (Lipinski definition) is 7. The zero-order chi connectivity index (χ0) is 29.1. The van der Waals surface area contributed by atoms with Crippen LogP contribution in [-0.4, -0.2) is 67.4 Å². The molecule has 4 aromatic rings. The van der Waals surface area contributed by atoms with Crippen LogP contribution in [0, 0.1) is 13.8 Å². The minimum atomic E-state index is -3.79. The molecule has 41 heavy (non-hydrogen) atoms. The summed E-state index contributed by atoms with van der Waals surface area (Å²) in [6, 6.07) is 19.8. The number of sulfonamides is 1. The van der Waals surface area contributed by atoms with E-state index >= 15 is 0 Å². The van der Waals surface area contributed by atoms with Gasteiger partial charge in [-0.3, -0.25) is 9.69 Å². The number of thiazole rings is 1. The highest BCUT2D eigenvalue weighted by Gasteiger charge is 2.31. The van der Waals surface area contributed by atoms with Crippen molar-refractivity contribution in [2.75, 3.05) is 37.7 Å². The smallest absolute Gasteiger partial charge is 0.409 e. The normalized spacial score (nSPS) is 14.3. The molecule has 0 N–H and O–H groups in total. The van der Waals surface area contributed by atoms with Crippen molar-refractivity contribution in [1.82, 2.24) is 14.2 Å². The quantitative estimate of drug-likeness (QED) is 0.292. The van der Waals surface area contributed by atoms with Crippen LogP contribution in [0.3, 0.4) is 0 Å². The predicted octanol–water partition coefficient (Wildman–Crippen LogP) is 5.22. The summed E-state index contributed by atoms with van der Waals surface area (Å²) < 4.78 is 34.0. The van der Waals surface area contributed by atoms with Crippen molar-refractivity contribution in [2.45, 2.75) is 32.2 Å². The first-order valence-electron chi connectivity index (χ1n) is 13.4. The molecule has 0 radical (unpaired) electrons. The Morgan fingerprint density at radius 1 is 0.951 bits per heavy atom. The van der Waals surface area contributed by atoms with Gasteiger partial charge in [0.1, 0.15) is 0 Å². The Bertz CT molecular complexity index is 1620. The lowest BCUT2D eigenvalue weighted by Gasteiger charge is -2.33. The van der Waals surface area contributed by atoms with Crippen LogP contribution in [0.2, 0.25) is 0 Å². The van der Waals surface area contributed by atoms with E-state index in [1.165, 1.54) is 32.7 Å². The number of benzene rings is 3. The molecule has 1 aromatic heterocycles. The number of fused-ring (bicyclic) bond motifs is 1. The highest BCUT2D eigenvalue weighted by molar-refractivity contribution is 7.89. The number of aryl methyl sites for hydroxylation is 2. The van der Waals surface area contributed by atoms with Crippen LogP contribution in [0.25, 0.3) is 10.2 Å². The lowest BCUT2D eigenvalue weighted by atomic mass is 10.1. The number of ether oxygens (including phenoxy) is 1. The summed E-state index contributed by atoms with van der Waals surface area (Å²) in [5.41, 5.74) is 4.44. The first kappa shape index (κ1) is 28.7. The summed E-state index contributed by atoms with van der Waals surface area (Å²) in [5, 5.41) is 0.579. The van der Waals surface area contributed by atoms with Gasteiger partial charge in [0, 0.05) is 31.7 Å². The molecule has 1 aliphatic rings. The molecule has 1 fully saturated rings. The van der Waals surface area contributed by atoms with E-state index in [4.69, 9.17) is 9.72 Å². The molecule has 5 rings (SSSR count). The van der Waals surface area contributed by atoms with E-state index in [1.807, 2.05) is 43.3 Å². The number of carbonyl (C=O) groups excluding carboxylic acids is 2. The number of nitrogens with zero attached hydrogens (tertiary/aromatic N) is 4. The molecule has 0 spiro atoms. The number of aromatic nitrogens is 1. The molecule has 1 saturated heterocycles. The van der Waals surface area contributed by atoms with Gasteiger partial charge >= 0.3 is 6.09 Å². The maximum atomic E-state index is 13.9. The van der Waals surface area contributed by atoms with E-state index in [1.54, 1.807) is 24.0 Å². The second-order valence-corrected chi connectivity index (χ2v) is 12.8. The summed E-state index contributed by atoms with van der Waals surface area (Å²) in [4.78, 5) is 33.9. The third kappa shape index (κ3) is 6.12. The van der Waals surface area contributed by atoms with Gasteiger partial charge in [0.15, 0.2) is 5.13 Å². The molecular formula is C30H32N4O5S2. The van der Waals surface area contributed by atoms with Crippen molar-refractivity contribution in [3.63, 3.8) is 0 Å². The van der Waals surface area contributed by atoms with Gasteiger partial charge < -0.3 is 9.64 Å². The Balaban J connectivity index is 1.38.